The van der Waals surface area contributed by atoms with Gasteiger partial charge in [0.1, 0.15) is 5.82 Å². The molecule has 0 atom stereocenters. The summed E-state index contributed by atoms with van der Waals surface area (Å²) in [6.07, 6.45) is 5.17. The summed E-state index contributed by atoms with van der Waals surface area (Å²) in [6, 6.07) is 5.58. The lowest BCUT2D eigenvalue weighted by atomic mass is 10.0. The number of nitrogens with one attached hydrogen (secondary N) is 1. The number of aryl methyl sites for hydroxylation is 1. The van der Waals surface area contributed by atoms with Crippen LogP contribution in [-0.2, 0) is 13.1 Å². The Morgan fingerprint density at radius 3 is 3.00 bits per heavy atom. The van der Waals surface area contributed by atoms with E-state index in [2.05, 4.69) is 22.6 Å². The predicted molar refractivity (Wildman–Crippen MR) is 75.6 cm³/mol. The number of hydrogen-bond donors (Lipinski definition) is 1. The minimum atomic E-state index is -0.223. The van der Waals surface area contributed by atoms with Crippen molar-refractivity contribution < 1.29 is 4.39 Å². The van der Waals surface area contributed by atoms with Gasteiger partial charge in [-0.1, -0.05) is 18.2 Å². The number of halogens is 1. The van der Waals surface area contributed by atoms with Gasteiger partial charge in [-0.2, -0.15) is 0 Å². The van der Waals surface area contributed by atoms with Crippen LogP contribution in [0.3, 0.4) is 0 Å². The summed E-state index contributed by atoms with van der Waals surface area (Å²) < 4.78 is 15.4. The summed E-state index contributed by atoms with van der Waals surface area (Å²) in [5.74, 6) is -0.223. The maximum Gasteiger partial charge on any atom is 0.123 e. The molecule has 3 rings (SSSR count). The van der Waals surface area contributed by atoms with E-state index in [9.17, 15) is 4.39 Å². The molecule has 0 saturated heterocycles. The van der Waals surface area contributed by atoms with Crippen molar-refractivity contribution in [2.24, 2.45) is 0 Å². The van der Waals surface area contributed by atoms with Crippen molar-refractivity contribution in [3.8, 4) is 11.3 Å². The van der Waals surface area contributed by atoms with E-state index in [1.54, 1.807) is 12.3 Å². The van der Waals surface area contributed by atoms with Gasteiger partial charge in [0.15, 0.2) is 0 Å². The Balaban J connectivity index is 1.92. The van der Waals surface area contributed by atoms with Crippen LogP contribution in [0.4, 0.5) is 4.39 Å². The van der Waals surface area contributed by atoms with Gasteiger partial charge in [-0.15, -0.1) is 5.10 Å². The maximum atomic E-state index is 13.6. The normalized spacial score (nSPS) is 14.7. The first-order valence-corrected chi connectivity index (χ1v) is 7.18. The fourth-order valence-corrected chi connectivity index (χ4v) is 2.33. The Labute approximate surface area is 118 Å². The third-order valence-corrected chi connectivity index (χ3v) is 3.56. The number of benzene rings is 1. The Bertz CT molecular complexity index is 589. The van der Waals surface area contributed by atoms with E-state index in [1.807, 2.05) is 10.7 Å². The van der Waals surface area contributed by atoms with Crippen LogP contribution in [0.5, 0.6) is 0 Å². The molecule has 106 valence electrons. The molecule has 4 nitrogen and oxygen atoms in total. The van der Waals surface area contributed by atoms with E-state index < -0.39 is 0 Å². The van der Waals surface area contributed by atoms with E-state index in [-0.39, 0.29) is 5.82 Å². The highest BCUT2D eigenvalue weighted by Crippen LogP contribution is 2.26. The second-order valence-corrected chi connectivity index (χ2v) is 5.30. The molecule has 20 heavy (non-hydrogen) atoms. The van der Waals surface area contributed by atoms with E-state index in [1.165, 1.54) is 18.9 Å². The molecule has 1 N–H and O–H groups in total. The standard InChI is InChI=1S/C15H19FN4/c1-2-7-20-15(10-18-19-20)14-8-12(16)4-3-11(14)9-17-13-5-6-13/h3-4,8,10,13,17H,2,5-7,9H2,1H3. The molecule has 1 aliphatic carbocycles. The quantitative estimate of drug-likeness (QED) is 0.880. The Morgan fingerprint density at radius 2 is 2.25 bits per heavy atom. The molecule has 0 aliphatic heterocycles. The average molecular weight is 274 g/mol. The van der Waals surface area contributed by atoms with Gasteiger partial charge >= 0.3 is 0 Å². The minimum Gasteiger partial charge on any atom is -0.310 e. The van der Waals surface area contributed by atoms with Gasteiger partial charge in [-0.25, -0.2) is 9.07 Å². The second kappa shape index (κ2) is 5.71. The highest BCUT2D eigenvalue weighted by molar-refractivity contribution is 5.63. The van der Waals surface area contributed by atoms with E-state index in [0.29, 0.717) is 6.04 Å². The lowest BCUT2D eigenvalue weighted by Crippen LogP contribution is -2.16. The molecule has 0 unspecified atom stereocenters. The lowest BCUT2D eigenvalue weighted by molar-refractivity contribution is 0.582. The molecular weight excluding hydrogens is 255 g/mol. The highest BCUT2D eigenvalue weighted by atomic mass is 19.1. The summed E-state index contributed by atoms with van der Waals surface area (Å²) in [6.45, 7) is 3.64. The molecular formula is C15H19FN4. The molecule has 1 aromatic carbocycles. The third-order valence-electron chi connectivity index (χ3n) is 3.56. The Morgan fingerprint density at radius 1 is 1.40 bits per heavy atom. The van der Waals surface area contributed by atoms with Gasteiger partial charge in [0.05, 0.1) is 11.9 Å². The van der Waals surface area contributed by atoms with Crippen LogP contribution in [0.25, 0.3) is 11.3 Å². The summed E-state index contributed by atoms with van der Waals surface area (Å²) in [7, 11) is 0. The van der Waals surface area contributed by atoms with E-state index in [0.717, 1.165) is 36.3 Å². The van der Waals surface area contributed by atoms with E-state index >= 15 is 0 Å². The molecule has 1 fully saturated rings. The van der Waals surface area contributed by atoms with Crippen LogP contribution in [-0.4, -0.2) is 21.0 Å². The molecule has 1 aliphatic rings. The zero-order valence-electron chi connectivity index (χ0n) is 11.6. The molecule has 0 spiro atoms. The molecule has 0 radical (unpaired) electrons. The average Bonchev–Trinajstić information content (AvgIpc) is 3.16. The molecule has 1 aromatic heterocycles. The predicted octanol–water partition coefficient (Wildman–Crippen LogP) is 2.75. The third kappa shape index (κ3) is 2.88. The van der Waals surface area contributed by atoms with Crippen LogP contribution in [0.1, 0.15) is 31.7 Å². The Kier molecular flexibility index (Phi) is 3.78. The molecule has 1 heterocycles. The highest BCUT2D eigenvalue weighted by Gasteiger charge is 2.21. The largest absolute Gasteiger partial charge is 0.310 e. The minimum absolute atomic E-state index is 0.223. The first kappa shape index (κ1) is 13.2. The molecule has 2 aromatic rings. The van der Waals surface area contributed by atoms with Crippen molar-refractivity contribution in [3.05, 3.63) is 35.8 Å². The summed E-state index contributed by atoms with van der Waals surface area (Å²) >= 11 is 0. The smallest absolute Gasteiger partial charge is 0.123 e. The number of hydrogen-bond acceptors (Lipinski definition) is 3. The zero-order chi connectivity index (χ0) is 13.9. The monoisotopic (exact) mass is 274 g/mol. The first-order chi connectivity index (χ1) is 9.78. The van der Waals surface area contributed by atoms with Crippen molar-refractivity contribution in [2.75, 3.05) is 0 Å². The lowest BCUT2D eigenvalue weighted by Gasteiger charge is -2.11. The van der Waals surface area contributed by atoms with Gasteiger partial charge in [0.25, 0.3) is 0 Å². The zero-order valence-corrected chi connectivity index (χ0v) is 11.6. The SMILES string of the molecule is CCCn1nncc1-c1cc(F)ccc1CNC1CC1. The fraction of sp³-hybridized carbons (Fsp3) is 0.467. The number of rotatable bonds is 6. The summed E-state index contributed by atoms with van der Waals surface area (Å²) in [5.41, 5.74) is 2.87. The van der Waals surface area contributed by atoms with Crippen molar-refractivity contribution >= 4 is 0 Å². The topological polar surface area (TPSA) is 42.7 Å². The molecule has 1 saturated carbocycles. The van der Waals surface area contributed by atoms with Gasteiger partial charge in [-0.05, 0) is 37.0 Å². The number of aromatic nitrogens is 3. The van der Waals surface area contributed by atoms with Crippen molar-refractivity contribution in [1.82, 2.24) is 20.3 Å². The van der Waals surface area contributed by atoms with Gasteiger partial charge < -0.3 is 5.32 Å². The Hall–Kier alpha value is -1.75. The molecule has 0 bridgehead atoms. The van der Waals surface area contributed by atoms with E-state index in [4.69, 9.17) is 0 Å². The van der Waals surface area contributed by atoms with Gasteiger partial charge in [0.2, 0.25) is 0 Å². The van der Waals surface area contributed by atoms with Crippen LogP contribution >= 0.6 is 0 Å². The van der Waals surface area contributed by atoms with Crippen molar-refractivity contribution in [3.63, 3.8) is 0 Å². The summed E-state index contributed by atoms with van der Waals surface area (Å²) in [5, 5.41) is 11.5. The van der Waals surface area contributed by atoms with Gasteiger partial charge in [0, 0.05) is 24.7 Å². The van der Waals surface area contributed by atoms with Crippen molar-refractivity contribution in [2.45, 2.75) is 45.3 Å². The van der Waals surface area contributed by atoms with Crippen molar-refractivity contribution in [1.29, 1.82) is 0 Å². The first-order valence-electron chi connectivity index (χ1n) is 7.18. The van der Waals surface area contributed by atoms with Crippen LogP contribution < -0.4 is 5.32 Å². The van der Waals surface area contributed by atoms with Crippen LogP contribution in [0, 0.1) is 5.82 Å². The number of nitrogens with zero attached hydrogens (tertiary/aromatic N) is 3. The van der Waals surface area contributed by atoms with Gasteiger partial charge in [-0.3, -0.25) is 0 Å². The summed E-state index contributed by atoms with van der Waals surface area (Å²) in [4.78, 5) is 0. The fourth-order valence-electron chi connectivity index (χ4n) is 2.33. The van der Waals surface area contributed by atoms with Crippen LogP contribution in [0.15, 0.2) is 24.4 Å². The molecule has 5 heteroatoms. The maximum absolute atomic E-state index is 13.6. The second-order valence-electron chi connectivity index (χ2n) is 5.30. The molecule has 0 amide bonds. The van der Waals surface area contributed by atoms with Crippen LogP contribution in [0.2, 0.25) is 0 Å².